The van der Waals surface area contributed by atoms with Gasteiger partial charge in [0, 0.05) is 0 Å². The molecule has 0 heterocycles. The van der Waals surface area contributed by atoms with Crippen LogP contribution in [0.15, 0.2) is 0 Å². The third-order valence-electron chi connectivity index (χ3n) is 2.16. The van der Waals surface area contributed by atoms with Crippen LogP contribution in [0.1, 0.15) is 60.3 Å². The van der Waals surface area contributed by atoms with Crippen LogP contribution in [-0.4, -0.2) is 12.2 Å². The van der Waals surface area contributed by atoms with Gasteiger partial charge in [-0.2, -0.15) is 0 Å². The van der Waals surface area contributed by atoms with Gasteiger partial charge in [-0.3, -0.25) is 0 Å². The Hall–Kier alpha value is -0.0800. The second kappa shape index (κ2) is 7.24. The van der Waals surface area contributed by atoms with Crippen LogP contribution in [0.4, 0.5) is 0 Å². The van der Waals surface area contributed by atoms with Crippen molar-refractivity contribution in [1.29, 1.82) is 0 Å². The van der Waals surface area contributed by atoms with Gasteiger partial charge in [-0.05, 0) is 33.1 Å². The van der Waals surface area contributed by atoms with Gasteiger partial charge in [0.15, 0.2) is 0 Å². The maximum Gasteiger partial charge on any atom is 0.0952 e. The molecule has 1 unspecified atom stereocenters. The monoisotopic (exact) mass is 202 g/mol. The summed E-state index contributed by atoms with van der Waals surface area (Å²) in [7, 11) is 0. The van der Waals surface area contributed by atoms with Gasteiger partial charge in [-0.25, -0.2) is 9.78 Å². The van der Waals surface area contributed by atoms with Crippen LogP contribution in [0.2, 0.25) is 0 Å². The summed E-state index contributed by atoms with van der Waals surface area (Å²) in [5.41, 5.74) is -0.191. The lowest BCUT2D eigenvalue weighted by Gasteiger charge is -2.20. The topological polar surface area (TPSA) is 18.5 Å². The third kappa shape index (κ3) is 8.52. The molecule has 0 aliphatic carbocycles. The molecular weight excluding hydrogens is 176 g/mol. The van der Waals surface area contributed by atoms with Gasteiger partial charge >= 0.3 is 0 Å². The quantitative estimate of drug-likeness (QED) is 0.459. The molecule has 0 aromatic heterocycles. The number of hydrogen-bond donors (Lipinski definition) is 0. The lowest BCUT2D eigenvalue weighted by atomic mass is 10.0. The van der Waals surface area contributed by atoms with E-state index in [1.807, 2.05) is 20.8 Å². The maximum atomic E-state index is 5.25. The van der Waals surface area contributed by atoms with Crippen LogP contribution in [0.5, 0.6) is 0 Å². The zero-order valence-electron chi connectivity index (χ0n) is 10.4. The Morgan fingerprint density at radius 3 is 2.21 bits per heavy atom. The minimum absolute atomic E-state index is 0.191. The highest BCUT2D eigenvalue weighted by Crippen LogP contribution is 2.15. The SMILES string of the molecule is CCCCC(CC)COOC(C)(C)C. The van der Waals surface area contributed by atoms with Crippen molar-refractivity contribution in [2.75, 3.05) is 6.61 Å². The van der Waals surface area contributed by atoms with E-state index in [-0.39, 0.29) is 5.60 Å². The molecule has 2 heteroatoms. The highest BCUT2D eigenvalue weighted by molar-refractivity contribution is 4.57. The standard InChI is InChI=1S/C12H26O2/c1-6-8-9-11(7-2)10-13-14-12(3,4)5/h11H,6-10H2,1-5H3. The summed E-state index contributed by atoms with van der Waals surface area (Å²) in [6.45, 7) is 11.2. The van der Waals surface area contributed by atoms with Crippen molar-refractivity contribution in [3.05, 3.63) is 0 Å². The molecule has 0 saturated heterocycles. The average molecular weight is 202 g/mol. The maximum absolute atomic E-state index is 5.25. The van der Waals surface area contributed by atoms with Crippen LogP contribution in [0, 0.1) is 5.92 Å². The van der Waals surface area contributed by atoms with E-state index >= 15 is 0 Å². The highest BCUT2D eigenvalue weighted by Gasteiger charge is 2.13. The zero-order valence-corrected chi connectivity index (χ0v) is 10.4. The number of unbranched alkanes of at least 4 members (excludes halogenated alkanes) is 1. The van der Waals surface area contributed by atoms with Crippen LogP contribution in [-0.2, 0) is 9.78 Å². The second-order valence-electron chi connectivity index (χ2n) is 4.90. The molecule has 0 rings (SSSR count). The molecule has 0 N–H and O–H groups in total. The summed E-state index contributed by atoms with van der Waals surface area (Å²) in [5.74, 6) is 0.650. The first-order valence-corrected chi connectivity index (χ1v) is 5.80. The van der Waals surface area contributed by atoms with Crippen LogP contribution in [0.25, 0.3) is 0 Å². The minimum Gasteiger partial charge on any atom is -0.236 e. The molecule has 0 saturated carbocycles. The fraction of sp³-hybridized carbons (Fsp3) is 1.00. The van der Waals surface area contributed by atoms with Crippen molar-refractivity contribution >= 4 is 0 Å². The van der Waals surface area contributed by atoms with E-state index in [0.717, 1.165) is 6.61 Å². The molecule has 0 aromatic rings. The number of rotatable bonds is 7. The largest absolute Gasteiger partial charge is 0.236 e. The fourth-order valence-corrected chi connectivity index (χ4v) is 1.21. The summed E-state index contributed by atoms with van der Waals surface area (Å²) < 4.78 is 0. The molecule has 14 heavy (non-hydrogen) atoms. The van der Waals surface area contributed by atoms with Crippen LogP contribution in [0.3, 0.4) is 0 Å². The molecule has 0 aromatic carbocycles. The van der Waals surface area contributed by atoms with Crippen molar-refractivity contribution in [3.8, 4) is 0 Å². The van der Waals surface area contributed by atoms with E-state index in [1.54, 1.807) is 0 Å². The van der Waals surface area contributed by atoms with Gasteiger partial charge in [0.05, 0.1) is 12.2 Å². The van der Waals surface area contributed by atoms with Crippen LogP contribution < -0.4 is 0 Å². The van der Waals surface area contributed by atoms with Gasteiger partial charge in [0.25, 0.3) is 0 Å². The molecule has 0 radical (unpaired) electrons. The number of hydrogen-bond acceptors (Lipinski definition) is 2. The van der Waals surface area contributed by atoms with E-state index in [2.05, 4.69) is 13.8 Å². The van der Waals surface area contributed by atoms with E-state index in [9.17, 15) is 0 Å². The van der Waals surface area contributed by atoms with Crippen molar-refractivity contribution < 1.29 is 9.78 Å². The molecule has 2 nitrogen and oxygen atoms in total. The van der Waals surface area contributed by atoms with Gasteiger partial charge in [0.2, 0.25) is 0 Å². The van der Waals surface area contributed by atoms with Crippen molar-refractivity contribution in [1.82, 2.24) is 0 Å². The summed E-state index contributed by atoms with van der Waals surface area (Å²) in [6, 6.07) is 0. The first-order chi connectivity index (χ1) is 6.49. The van der Waals surface area contributed by atoms with Gasteiger partial charge in [-0.15, -0.1) is 0 Å². The average Bonchev–Trinajstić information content (AvgIpc) is 2.09. The molecule has 0 bridgehead atoms. The van der Waals surface area contributed by atoms with E-state index in [0.29, 0.717) is 5.92 Å². The first-order valence-electron chi connectivity index (χ1n) is 5.80. The Morgan fingerprint density at radius 1 is 1.14 bits per heavy atom. The summed E-state index contributed by atoms with van der Waals surface area (Å²) >= 11 is 0. The predicted molar refractivity (Wildman–Crippen MR) is 60.1 cm³/mol. The Bertz CT molecular complexity index is 127. The van der Waals surface area contributed by atoms with Gasteiger partial charge < -0.3 is 0 Å². The second-order valence-corrected chi connectivity index (χ2v) is 4.90. The smallest absolute Gasteiger partial charge is 0.0952 e. The summed E-state index contributed by atoms with van der Waals surface area (Å²) in [5, 5.41) is 0. The van der Waals surface area contributed by atoms with Crippen molar-refractivity contribution in [3.63, 3.8) is 0 Å². The molecule has 0 amide bonds. The van der Waals surface area contributed by atoms with E-state index < -0.39 is 0 Å². The third-order valence-corrected chi connectivity index (χ3v) is 2.16. The lowest BCUT2D eigenvalue weighted by Crippen LogP contribution is -2.21. The minimum atomic E-state index is -0.191. The van der Waals surface area contributed by atoms with Crippen molar-refractivity contribution in [2.24, 2.45) is 5.92 Å². The molecule has 86 valence electrons. The van der Waals surface area contributed by atoms with E-state index in [4.69, 9.17) is 9.78 Å². The fourth-order valence-electron chi connectivity index (χ4n) is 1.21. The van der Waals surface area contributed by atoms with Gasteiger partial charge in [-0.1, -0.05) is 33.1 Å². The first kappa shape index (κ1) is 13.9. The summed E-state index contributed by atoms with van der Waals surface area (Å²) in [6.07, 6.45) is 4.97. The normalized spacial score (nSPS) is 14.4. The Balaban J connectivity index is 3.52. The van der Waals surface area contributed by atoms with Gasteiger partial charge in [0.1, 0.15) is 0 Å². The molecular formula is C12H26O2. The zero-order chi connectivity index (χ0) is 11.0. The molecule has 0 fully saturated rings. The molecule has 0 aliphatic heterocycles. The Kier molecular flexibility index (Phi) is 7.20. The predicted octanol–water partition coefficient (Wildman–Crippen LogP) is 3.95. The molecule has 0 aliphatic rings. The summed E-state index contributed by atoms with van der Waals surface area (Å²) in [4.78, 5) is 10.5. The Morgan fingerprint density at radius 2 is 1.79 bits per heavy atom. The van der Waals surface area contributed by atoms with E-state index in [1.165, 1.54) is 25.7 Å². The Labute approximate surface area is 88.9 Å². The lowest BCUT2D eigenvalue weighted by molar-refractivity contribution is -0.353. The molecule has 0 spiro atoms. The highest BCUT2D eigenvalue weighted by atomic mass is 17.2. The van der Waals surface area contributed by atoms with Crippen molar-refractivity contribution in [2.45, 2.75) is 65.9 Å². The van der Waals surface area contributed by atoms with Crippen LogP contribution >= 0.6 is 0 Å². The molecule has 1 atom stereocenters.